The van der Waals surface area contributed by atoms with Crippen LogP contribution >= 0.6 is 0 Å². The Kier molecular flexibility index (Phi) is 5.88. The van der Waals surface area contributed by atoms with Gasteiger partial charge < -0.3 is 9.13 Å². The van der Waals surface area contributed by atoms with Crippen molar-refractivity contribution >= 4 is 43.6 Å². The minimum absolute atomic E-state index is 0.696. The first kappa shape index (κ1) is 25.1. The van der Waals surface area contributed by atoms with Crippen LogP contribution in [-0.2, 0) is 6.54 Å². The zero-order valence-corrected chi connectivity index (χ0v) is 24.0. The molecule has 0 radical (unpaired) electrons. The second-order valence-electron chi connectivity index (χ2n) is 11.2. The Bertz CT molecular complexity index is 2320. The standard InChI is InChI=1S/C40H29N3/c1-2-22-42-37-20-18-28(24-35(37)36-25-29(19-21-38(36)42)32-13-4-3-10-30(32)26-41)27-11-9-12-31(23-27)43-39-16-7-5-14-33(39)34-15-6-8-17-40(34)43/h3-21,23-25H,2,22H2,1H3. The van der Waals surface area contributed by atoms with Crippen LogP contribution in [0.15, 0.2) is 133 Å². The molecule has 2 aromatic heterocycles. The average molecular weight is 552 g/mol. The first-order valence-electron chi connectivity index (χ1n) is 14.9. The highest BCUT2D eigenvalue weighted by atomic mass is 15.0. The van der Waals surface area contributed by atoms with Gasteiger partial charge in [-0.2, -0.15) is 5.26 Å². The molecule has 8 aromatic rings. The highest BCUT2D eigenvalue weighted by molar-refractivity contribution is 6.11. The van der Waals surface area contributed by atoms with Crippen molar-refractivity contribution in [2.24, 2.45) is 0 Å². The zero-order chi connectivity index (χ0) is 28.9. The van der Waals surface area contributed by atoms with Crippen molar-refractivity contribution in [3.8, 4) is 34.0 Å². The molecule has 0 aliphatic heterocycles. The lowest BCUT2D eigenvalue weighted by Crippen LogP contribution is -1.96. The summed E-state index contributed by atoms with van der Waals surface area (Å²) in [7, 11) is 0. The number of benzene rings is 6. The van der Waals surface area contributed by atoms with E-state index in [1.54, 1.807) is 0 Å². The summed E-state index contributed by atoms with van der Waals surface area (Å²) in [6, 6.07) is 49.9. The van der Waals surface area contributed by atoms with Gasteiger partial charge in [0.1, 0.15) is 0 Å². The molecule has 2 heterocycles. The van der Waals surface area contributed by atoms with E-state index < -0.39 is 0 Å². The largest absolute Gasteiger partial charge is 0.340 e. The van der Waals surface area contributed by atoms with Gasteiger partial charge in [0.15, 0.2) is 0 Å². The zero-order valence-electron chi connectivity index (χ0n) is 24.0. The molecule has 8 rings (SSSR count). The van der Waals surface area contributed by atoms with Crippen LogP contribution in [0.3, 0.4) is 0 Å². The number of hydrogen-bond acceptors (Lipinski definition) is 1. The maximum atomic E-state index is 9.75. The third kappa shape index (κ3) is 3.95. The molecule has 6 aromatic carbocycles. The number of para-hydroxylation sites is 2. The fourth-order valence-corrected chi connectivity index (χ4v) is 6.77. The summed E-state index contributed by atoms with van der Waals surface area (Å²) in [6.45, 7) is 3.18. The molecule has 3 heteroatoms. The molecule has 0 spiro atoms. The van der Waals surface area contributed by atoms with Crippen LogP contribution < -0.4 is 0 Å². The fourth-order valence-electron chi connectivity index (χ4n) is 6.77. The lowest BCUT2D eigenvalue weighted by atomic mass is 9.97. The van der Waals surface area contributed by atoms with Gasteiger partial charge in [-0.15, -0.1) is 0 Å². The van der Waals surface area contributed by atoms with Gasteiger partial charge in [0, 0.05) is 44.8 Å². The summed E-state index contributed by atoms with van der Waals surface area (Å²) in [4.78, 5) is 0. The van der Waals surface area contributed by atoms with E-state index in [0.29, 0.717) is 5.56 Å². The highest BCUT2D eigenvalue weighted by Crippen LogP contribution is 2.37. The Morgan fingerprint density at radius 3 is 1.84 bits per heavy atom. The molecule has 0 aliphatic carbocycles. The van der Waals surface area contributed by atoms with E-state index >= 15 is 0 Å². The number of nitrogens with zero attached hydrogens (tertiary/aromatic N) is 3. The molecule has 0 saturated heterocycles. The van der Waals surface area contributed by atoms with Gasteiger partial charge >= 0.3 is 0 Å². The van der Waals surface area contributed by atoms with Crippen LogP contribution in [0.5, 0.6) is 0 Å². The molecule has 0 fully saturated rings. The van der Waals surface area contributed by atoms with E-state index in [2.05, 4.69) is 131 Å². The predicted molar refractivity (Wildman–Crippen MR) is 180 cm³/mol. The Hall–Kier alpha value is -5.59. The molecule has 3 nitrogen and oxygen atoms in total. The molecule has 43 heavy (non-hydrogen) atoms. The van der Waals surface area contributed by atoms with Gasteiger partial charge in [-0.1, -0.05) is 85.8 Å². The summed E-state index contributed by atoms with van der Waals surface area (Å²) in [5.41, 5.74) is 11.2. The lowest BCUT2D eigenvalue weighted by molar-refractivity contribution is 0.724. The van der Waals surface area contributed by atoms with Crippen LogP contribution in [-0.4, -0.2) is 9.13 Å². The number of fused-ring (bicyclic) bond motifs is 6. The summed E-state index contributed by atoms with van der Waals surface area (Å²) in [6.07, 6.45) is 1.06. The maximum absolute atomic E-state index is 9.75. The number of aromatic nitrogens is 2. The molecule has 0 unspecified atom stereocenters. The van der Waals surface area contributed by atoms with Gasteiger partial charge in [-0.05, 0) is 83.3 Å². The van der Waals surface area contributed by atoms with E-state index in [0.717, 1.165) is 29.8 Å². The van der Waals surface area contributed by atoms with E-state index in [1.807, 2.05) is 24.3 Å². The summed E-state index contributed by atoms with van der Waals surface area (Å²) in [5, 5.41) is 14.7. The Balaban J connectivity index is 1.32. The van der Waals surface area contributed by atoms with Crippen molar-refractivity contribution in [1.29, 1.82) is 5.26 Å². The van der Waals surface area contributed by atoms with Crippen molar-refractivity contribution in [3.05, 3.63) is 139 Å². The van der Waals surface area contributed by atoms with Crippen molar-refractivity contribution in [1.82, 2.24) is 9.13 Å². The first-order chi connectivity index (χ1) is 21.2. The van der Waals surface area contributed by atoms with Gasteiger partial charge in [0.25, 0.3) is 0 Å². The van der Waals surface area contributed by atoms with E-state index in [9.17, 15) is 5.26 Å². The van der Waals surface area contributed by atoms with Gasteiger partial charge in [-0.25, -0.2) is 0 Å². The van der Waals surface area contributed by atoms with Gasteiger partial charge in [0.05, 0.1) is 22.7 Å². The number of nitriles is 1. The maximum Gasteiger partial charge on any atom is 0.0998 e. The fraction of sp³-hybridized carbons (Fsp3) is 0.0750. The van der Waals surface area contributed by atoms with E-state index in [4.69, 9.17) is 0 Å². The van der Waals surface area contributed by atoms with E-state index in [-0.39, 0.29) is 0 Å². The Morgan fingerprint density at radius 1 is 0.535 bits per heavy atom. The minimum Gasteiger partial charge on any atom is -0.340 e. The van der Waals surface area contributed by atoms with Crippen molar-refractivity contribution in [2.45, 2.75) is 19.9 Å². The monoisotopic (exact) mass is 551 g/mol. The summed E-state index contributed by atoms with van der Waals surface area (Å²) < 4.78 is 4.81. The molecule has 0 atom stereocenters. The topological polar surface area (TPSA) is 33.6 Å². The van der Waals surface area contributed by atoms with Gasteiger partial charge in [-0.3, -0.25) is 0 Å². The molecule has 0 saturated carbocycles. The molecular weight excluding hydrogens is 522 g/mol. The summed E-state index contributed by atoms with van der Waals surface area (Å²) in [5.74, 6) is 0. The van der Waals surface area contributed by atoms with Crippen LogP contribution in [0.4, 0.5) is 0 Å². The molecule has 204 valence electrons. The van der Waals surface area contributed by atoms with E-state index in [1.165, 1.54) is 54.7 Å². The van der Waals surface area contributed by atoms with Crippen LogP contribution in [0.25, 0.3) is 71.6 Å². The number of rotatable bonds is 5. The van der Waals surface area contributed by atoms with Crippen molar-refractivity contribution in [3.63, 3.8) is 0 Å². The lowest BCUT2D eigenvalue weighted by Gasteiger charge is -2.11. The van der Waals surface area contributed by atoms with Crippen LogP contribution in [0.2, 0.25) is 0 Å². The normalized spacial score (nSPS) is 11.5. The summed E-state index contributed by atoms with van der Waals surface area (Å²) >= 11 is 0. The second kappa shape index (κ2) is 10.0. The third-order valence-electron chi connectivity index (χ3n) is 8.69. The predicted octanol–water partition coefficient (Wildman–Crippen LogP) is 10.5. The Morgan fingerprint density at radius 2 is 1.14 bits per heavy atom. The molecule has 0 N–H and O–H groups in total. The minimum atomic E-state index is 0.696. The smallest absolute Gasteiger partial charge is 0.0998 e. The number of hydrogen-bond donors (Lipinski definition) is 0. The molecule has 0 amide bonds. The van der Waals surface area contributed by atoms with Crippen molar-refractivity contribution < 1.29 is 0 Å². The van der Waals surface area contributed by atoms with Crippen molar-refractivity contribution in [2.75, 3.05) is 0 Å². The quantitative estimate of drug-likeness (QED) is 0.209. The number of aryl methyl sites for hydroxylation is 1. The second-order valence-corrected chi connectivity index (χ2v) is 11.2. The molecular formula is C40H29N3. The average Bonchev–Trinajstić information content (AvgIpc) is 3.57. The van der Waals surface area contributed by atoms with Crippen LogP contribution in [0, 0.1) is 11.3 Å². The van der Waals surface area contributed by atoms with Crippen LogP contribution in [0.1, 0.15) is 18.9 Å². The van der Waals surface area contributed by atoms with Gasteiger partial charge in [0.2, 0.25) is 0 Å². The molecule has 0 aliphatic rings. The SMILES string of the molecule is CCCn1c2ccc(-c3cccc(-n4c5ccccc5c5ccccc54)c3)cc2c2cc(-c3ccccc3C#N)ccc21. The highest BCUT2D eigenvalue weighted by Gasteiger charge is 2.15. The first-order valence-corrected chi connectivity index (χ1v) is 14.9. The molecule has 0 bridgehead atoms. The third-order valence-corrected chi connectivity index (χ3v) is 8.69. The Labute approximate surface area is 250 Å².